The van der Waals surface area contributed by atoms with Crippen LogP contribution in [0.25, 0.3) is 0 Å². The second-order valence-electron chi connectivity index (χ2n) is 7.23. The van der Waals surface area contributed by atoms with Crippen molar-refractivity contribution in [2.75, 3.05) is 20.7 Å². The summed E-state index contributed by atoms with van der Waals surface area (Å²) in [5, 5.41) is 8.86. The molecule has 2 heterocycles. The van der Waals surface area contributed by atoms with Gasteiger partial charge in [0.05, 0.1) is 37.7 Å². The first-order valence-electron chi connectivity index (χ1n) is 8.29. The van der Waals surface area contributed by atoms with Crippen molar-refractivity contribution >= 4 is 10.1 Å². The Morgan fingerprint density at radius 3 is 2.08 bits per heavy atom. The van der Waals surface area contributed by atoms with Crippen LogP contribution >= 0.6 is 0 Å². The van der Waals surface area contributed by atoms with Crippen molar-refractivity contribution in [2.24, 2.45) is 0 Å². The van der Waals surface area contributed by atoms with E-state index >= 15 is 0 Å². The average molecular weight is 353 g/mol. The molecule has 24 heavy (non-hydrogen) atoms. The molecule has 2 saturated heterocycles. The van der Waals surface area contributed by atoms with E-state index in [4.69, 9.17) is 5.11 Å². The Hall–Kier alpha value is -1.21. The van der Waals surface area contributed by atoms with E-state index in [-0.39, 0.29) is 11.5 Å². The monoisotopic (exact) mass is 353 g/mol. The molecular weight excluding hydrogens is 326 g/mol. The van der Waals surface area contributed by atoms with E-state index in [0.29, 0.717) is 0 Å². The Bertz CT molecular complexity index is 674. The molecule has 2 aliphatic heterocycles. The quantitative estimate of drug-likeness (QED) is 0.502. The van der Waals surface area contributed by atoms with Gasteiger partial charge in [-0.25, -0.2) is 8.42 Å². The molecule has 5 nitrogen and oxygen atoms in total. The number of fused-ring (bicyclic) bond motifs is 2. The third-order valence-corrected chi connectivity index (χ3v) is 6.25. The Morgan fingerprint density at radius 1 is 1.17 bits per heavy atom. The predicted molar refractivity (Wildman–Crippen MR) is 92.5 cm³/mol. The summed E-state index contributed by atoms with van der Waals surface area (Å²) in [6, 6.07) is 7.42. The van der Waals surface area contributed by atoms with Gasteiger partial charge in [-0.2, -0.15) is 0 Å². The van der Waals surface area contributed by atoms with Gasteiger partial charge in [-0.1, -0.05) is 29.3 Å². The lowest BCUT2D eigenvalue weighted by Gasteiger charge is -2.42. The molecule has 1 aromatic carbocycles. The summed E-state index contributed by atoms with van der Waals surface area (Å²) in [5.41, 5.74) is 2.42. The number of rotatable bonds is 2. The van der Waals surface area contributed by atoms with Gasteiger partial charge in [0.1, 0.15) is 10.1 Å². The van der Waals surface area contributed by atoms with Crippen molar-refractivity contribution in [3.05, 3.63) is 41.5 Å². The van der Waals surface area contributed by atoms with Gasteiger partial charge < -0.3 is 14.1 Å². The topological polar surface area (TPSA) is 77.4 Å². The zero-order valence-electron chi connectivity index (χ0n) is 14.6. The number of hydrogen-bond donors (Lipinski definition) is 1. The molecule has 0 aliphatic carbocycles. The smallest absolute Gasteiger partial charge is 0.124 e. The van der Waals surface area contributed by atoms with Crippen molar-refractivity contribution in [3.8, 4) is 0 Å². The molecule has 1 N–H and O–H groups in total. The summed E-state index contributed by atoms with van der Waals surface area (Å²) in [6.45, 7) is 2.05. The van der Waals surface area contributed by atoms with E-state index in [2.05, 4.69) is 14.1 Å². The lowest BCUT2D eigenvalue weighted by molar-refractivity contribution is -0.928. The zero-order valence-corrected chi connectivity index (χ0v) is 15.4. The third-order valence-electron chi connectivity index (χ3n) is 5.40. The first kappa shape index (κ1) is 19.1. The van der Waals surface area contributed by atoms with Crippen molar-refractivity contribution in [2.45, 2.75) is 49.6 Å². The molecular formula is C18H27NO4S. The maximum atomic E-state index is 10.4. The highest BCUT2D eigenvalue weighted by molar-refractivity contribution is 7.85. The van der Waals surface area contributed by atoms with E-state index in [1.165, 1.54) is 47.9 Å². The molecule has 0 amide bonds. The van der Waals surface area contributed by atoms with Crippen LogP contribution in [0.2, 0.25) is 0 Å². The second kappa shape index (κ2) is 7.35. The first-order valence-corrected chi connectivity index (χ1v) is 9.70. The van der Waals surface area contributed by atoms with E-state index in [1.54, 1.807) is 12.1 Å². The minimum absolute atomic E-state index is 0.178. The summed E-state index contributed by atoms with van der Waals surface area (Å²) in [4.78, 5) is -0.178. The van der Waals surface area contributed by atoms with Crippen LogP contribution in [0, 0.1) is 6.92 Å². The van der Waals surface area contributed by atoms with E-state index in [1.807, 2.05) is 13.0 Å². The highest BCUT2D eigenvalue weighted by Crippen LogP contribution is 2.41. The Labute approximate surface area is 145 Å². The second-order valence-corrected chi connectivity index (χ2v) is 8.61. The highest BCUT2D eigenvalue weighted by atomic mass is 32.2. The molecule has 2 bridgehead atoms. The lowest BCUT2D eigenvalue weighted by atomic mass is 9.95. The van der Waals surface area contributed by atoms with E-state index < -0.39 is 10.1 Å². The predicted octanol–water partition coefficient (Wildman–Crippen LogP) is 2.21. The Kier molecular flexibility index (Phi) is 5.86. The van der Waals surface area contributed by atoms with Crippen LogP contribution in [-0.2, 0) is 10.1 Å². The Balaban J connectivity index is 0.000000177. The molecule has 2 aliphatic rings. The van der Waals surface area contributed by atoms with E-state index in [0.717, 1.165) is 17.6 Å². The average Bonchev–Trinajstić information content (AvgIpc) is 2.66. The van der Waals surface area contributed by atoms with Crippen molar-refractivity contribution in [1.82, 2.24) is 0 Å². The van der Waals surface area contributed by atoms with Gasteiger partial charge in [0.25, 0.3) is 0 Å². The van der Waals surface area contributed by atoms with Crippen LogP contribution in [0.1, 0.15) is 31.2 Å². The highest BCUT2D eigenvalue weighted by Gasteiger charge is 2.46. The number of aliphatic hydroxyl groups excluding tert-OH is 1. The van der Waals surface area contributed by atoms with Gasteiger partial charge in [0.2, 0.25) is 0 Å². The normalized spacial score (nSPS) is 26.8. The number of hydrogen-bond acceptors (Lipinski definition) is 4. The van der Waals surface area contributed by atoms with Crippen LogP contribution in [-0.4, -0.2) is 55.3 Å². The molecule has 134 valence electrons. The zero-order chi connectivity index (χ0) is 18.0. The fraction of sp³-hybridized carbons (Fsp3) is 0.556. The standard InChI is InChI=1S/C11H20NO.C7H8O3S/c1-12(2)10-3-4-11(12)8-9(7-10)5-6-13;1-6-2-4-7(5-3-6)11(8,9)10/h5,10-11,13H,3-4,6-8H2,1-2H3;2-5H,1H3,(H,8,9,10)/q+1;/p-1/t10-,11+;. The van der Waals surface area contributed by atoms with Gasteiger partial charge in [-0.05, 0) is 19.1 Å². The van der Waals surface area contributed by atoms with Crippen LogP contribution < -0.4 is 0 Å². The lowest BCUT2D eigenvalue weighted by Crippen LogP contribution is -2.52. The molecule has 0 saturated carbocycles. The van der Waals surface area contributed by atoms with Crippen LogP contribution in [0.3, 0.4) is 0 Å². The van der Waals surface area contributed by atoms with Gasteiger partial charge in [0.15, 0.2) is 0 Å². The molecule has 3 rings (SSSR count). The summed E-state index contributed by atoms with van der Waals surface area (Å²) < 4.78 is 32.4. The van der Waals surface area contributed by atoms with Gasteiger partial charge >= 0.3 is 0 Å². The maximum Gasteiger partial charge on any atom is 0.124 e. The number of aryl methyl sites for hydroxylation is 1. The number of nitrogens with zero attached hydrogens (tertiary/aromatic N) is 1. The number of aliphatic hydroxyl groups is 1. The molecule has 1 aromatic rings. The largest absolute Gasteiger partial charge is 0.744 e. The van der Waals surface area contributed by atoms with E-state index in [9.17, 15) is 13.0 Å². The summed E-state index contributed by atoms with van der Waals surface area (Å²) in [5.74, 6) is 0. The van der Waals surface area contributed by atoms with Gasteiger partial charge in [-0.3, -0.25) is 0 Å². The van der Waals surface area contributed by atoms with Crippen LogP contribution in [0.5, 0.6) is 0 Å². The van der Waals surface area contributed by atoms with Crippen molar-refractivity contribution < 1.29 is 22.6 Å². The first-order chi connectivity index (χ1) is 11.1. The summed E-state index contributed by atoms with van der Waals surface area (Å²) in [7, 11) is 0.449. The minimum atomic E-state index is -4.27. The number of benzene rings is 1. The van der Waals surface area contributed by atoms with Crippen LogP contribution in [0.15, 0.2) is 40.8 Å². The molecule has 6 heteroatoms. The summed E-state index contributed by atoms with van der Waals surface area (Å²) in [6.07, 6.45) is 7.19. The molecule has 0 radical (unpaired) electrons. The maximum absolute atomic E-state index is 10.4. The third kappa shape index (κ3) is 4.45. The summed E-state index contributed by atoms with van der Waals surface area (Å²) >= 11 is 0. The van der Waals surface area contributed by atoms with Crippen LogP contribution in [0.4, 0.5) is 0 Å². The van der Waals surface area contributed by atoms with Crippen molar-refractivity contribution in [1.29, 1.82) is 0 Å². The number of quaternary nitrogens is 1. The molecule has 2 atom stereocenters. The van der Waals surface area contributed by atoms with Crippen molar-refractivity contribution in [3.63, 3.8) is 0 Å². The molecule has 0 unspecified atom stereocenters. The minimum Gasteiger partial charge on any atom is -0.744 e. The van der Waals surface area contributed by atoms with Gasteiger partial charge in [0, 0.05) is 25.7 Å². The molecule has 2 fully saturated rings. The number of piperidine rings is 1. The molecule has 0 spiro atoms. The fourth-order valence-electron chi connectivity index (χ4n) is 3.71. The SMILES string of the molecule is C[N+]1(C)[C@@H]2CC[C@H]1CC(=CCO)C2.Cc1ccc(S(=O)(=O)[O-])cc1. The molecule has 0 aromatic heterocycles. The van der Waals surface area contributed by atoms with Gasteiger partial charge in [-0.15, -0.1) is 0 Å². The fourth-order valence-corrected chi connectivity index (χ4v) is 4.18. The Morgan fingerprint density at radius 2 is 1.67 bits per heavy atom.